The van der Waals surface area contributed by atoms with Crippen molar-refractivity contribution in [2.45, 2.75) is 25.8 Å². The van der Waals surface area contributed by atoms with Crippen molar-refractivity contribution < 1.29 is 14.4 Å². The van der Waals surface area contributed by atoms with Crippen molar-refractivity contribution in [2.75, 3.05) is 11.9 Å². The number of aryl methyl sites for hydroxylation is 1. The molecule has 7 nitrogen and oxygen atoms in total. The minimum atomic E-state index is -1.20. The Hall–Kier alpha value is -3.52. The molecule has 0 radical (unpaired) electrons. The minimum Gasteiger partial charge on any atom is -0.319 e. The molecular formula is C23H22N4O3S. The molecule has 31 heavy (non-hydrogen) atoms. The topological polar surface area (TPSA) is 91.4 Å². The number of nitrogens with zero attached hydrogens (tertiary/aromatic N) is 2. The van der Waals surface area contributed by atoms with Gasteiger partial charge in [-0.2, -0.15) is 0 Å². The van der Waals surface area contributed by atoms with Crippen molar-refractivity contribution in [3.8, 4) is 0 Å². The predicted octanol–water partition coefficient (Wildman–Crippen LogP) is 3.45. The third kappa shape index (κ3) is 4.34. The fourth-order valence-corrected chi connectivity index (χ4v) is 4.33. The smallest absolute Gasteiger partial charge is 0.319 e. The standard InChI is InChI=1S/C23H22N4O3S/c1-15-8-10-17(11-9-15)23(2)20(29)27(22(30)26-23)14-19(28)25-21-24-13-18(31-21)12-16-6-4-3-5-7-16/h3-11,13H,12,14H2,1-2H3,(H,26,30)(H,24,25,28). The highest BCUT2D eigenvalue weighted by Crippen LogP contribution is 2.29. The van der Waals surface area contributed by atoms with Gasteiger partial charge in [-0.25, -0.2) is 9.78 Å². The van der Waals surface area contributed by atoms with Crippen LogP contribution in [-0.4, -0.2) is 34.3 Å². The summed E-state index contributed by atoms with van der Waals surface area (Å²) >= 11 is 1.37. The monoisotopic (exact) mass is 434 g/mol. The lowest BCUT2D eigenvalue weighted by Gasteiger charge is -2.22. The molecule has 2 aromatic carbocycles. The summed E-state index contributed by atoms with van der Waals surface area (Å²) < 4.78 is 0. The fraction of sp³-hybridized carbons (Fsp3) is 0.217. The number of imide groups is 1. The van der Waals surface area contributed by atoms with E-state index in [2.05, 4.69) is 15.6 Å². The van der Waals surface area contributed by atoms with E-state index >= 15 is 0 Å². The largest absolute Gasteiger partial charge is 0.325 e. The molecule has 0 aliphatic carbocycles. The van der Waals surface area contributed by atoms with Crippen molar-refractivity contribution >= 4 is 34.3 Å². The summed E-state index contributed by atoms with van der Waals surface area (Å²) in [6.45, 7) is 3.22. The zero-order valence-corrected chi connectivity index (χ0v) is 18.0. The van der Waals surface area contributed by atoms with Crippen LogP contribution in [0, 0.1) is 6.92 Å². The van der Waals surface area contributed by atoms with Crippen LogP contribution in [0.4, 0.5) is 9.93 Å². The Morgan fingerprint density at radius 1 is 1.13 bits per heavy atom. The van der Waals surface area contributed by atoms with Gasteiger partial charge in [0.25, 0.3) is 5.91 Å². The SMILES string of the molecule is Cc1ccc(C2(C)NC(=O)N(CC(=O)Nc3ncc(Cc4ccccc4)s3)C2=O)cc1. The van der Waals surface area contributed by atoms with Gasteiger partial charge in [-0.05, 0) is 25.0 Å². The third-order valence-electron chi connectivity index (χ3n) is 5.23. The van der Waals surface area contributed by atoms with Crippen LogP contribution in [0.25, 0.3) is 0 Å². The first-order valence-electron chi connectivity index (χ1n) is 9.85. The number of carbonyl (C=O) groups excluding carboxylic acids is 3. The Kier molecular flexibility index (Phi) is 5.56. The molecule has 1 unspecified atom stereocenters. The number of amides is 4. The van der Waals surface area contributed by atoms with Gasteiger partial charge in [-0.1, -0.05) is 60.2 Å². The van der Waals surface area contributed by atoms with Crippen molar-refractivity contribution in [1.29, 1.82) is 0 Å². The summed E-state index contributed by atoms with van der Waals surface area (Å²) in [4.78, 5) is 44.1. The number of aromatic nitrogens is 1. The van der Waals surface area contributed by atoms with E-state index in [1.54, 1.807) is 25.3 Å². The van der Waals surface area contributed by atoms with Crippen molar-refractivity contribution in [1.82, 2.24) is 15.2 Å². The van der Waals surface area contributed by atoms with Gasteiger partial charge in [0.15, 0.2) is 5.13 Å². The Labute approximate surface area is 184 Å². The molecule has 1 aliphatic heterocycles. The molecule has 1 saturated heterocycles. The number of benzene rings is 2. The first-order chi connectivity index (χ1) is 14.8. The van der Waals surface area contributed by atoms with E-state index in [4.69, 9.17) is 0 Å². The van der Waals surface area contributed by atoms with Gasteiger partial charge in [0, 0.05) is 17.5 Å². The normalized spacial score (nSPS) is 18.2. The molecule has 8 heteroatoms. The zero-order chi connectivity index (χ0) is 22.0. The maximum Gasteiger partial charge on any atom is 0.325 e. The molecule has 2 heterocycles. The van der Waals surface area contributed by atoms with Gasteiger partial charge in [0.2, 0.25) is 5.91 Å². The summed E-state index contributed by atoms with van der Waals surface area (Å²) in [5.74, 6) is -0.933. The first kappa shape index (κ1) is 20.7. The molecule has 0 bridgehead atoms. The van der Waals surface area contributed by atoms with Gasteiger partial charge in [-0.3, -0.25) is 14.5 Å². The molecule has 0 saturated carbocycles. The molecule has 2 N–H and O–H groups in total. The number of hydrogen-bond donors (Lipinski definition) is 2. The average molecular weight is 435 g/mol. The average Bonchev–Trinajstić information content (AvgIpc) is 3.27. The van der Waals surface area contributed by atoms with Crippen LogP contribution in [0.5, 0.6) is 0 Å². The second kappa shape index (κ2) is 8.31. The molecule has 1 fully saturated rings. The molecule has 4 rings (SSSR count). The Morgan fingerprint density at radius 2 is 1.84 bits per heavy atom. The third-order valence-corrected chi connectivity index (χ3v) is 6.14. The quantitative estimate of drug-likeness (QED) is 0.582. The summed E-state index contributed by atoms with van der Waals surface area (Å²) in [5, 5.41) is 5.83. The number of anilines is 1. The number of rotatable bonds is 6. The number of carbonyl (C=O) groups is 3. The number of nitrogens with one attached hydrogen (secondary N) is 2. The van der Waals surface area contributed by atoms with Crippen molar-refractivity contribution in [2.24, 2.45) is 0 Å². The van der Waals surface area contributed by atoms with Crippen molar-refractivity contribution in [3.05, 3.63) is 82.4 Å². The van der Waals surface area contributed by atoms with E-state index in [0.29, 0.717) is 10.7 Å². The second-order valence-corrected chi connectivity index (χ2v) is 8.77. The summed E-state index contributed by atoms with van der Waals surface area (Å²) in [5.41, 5.74) is 1.67. The Balaban J connectivity index is 1.40. The van der Waals surface area contributed by atoms with Crippen LogP contribution in [0.2, 0.25) is 0 Å². The van der Waals surface area contributed by atoms with Gasteiger partial charge in [-0.15, -0.1) is 11.3 Å². The molecule has 3 aromatic rings. The lowest BCUT2D eigenvalue weighted by molar-refractivity contribution is -0.133. The van der Waals surface area contributed by atoms with Crippen LogP contribution < -0.4 is 10.6 Å². The lowest BCUT2D eigenvalue weighted by Crippen LogP contribution is -2.42. The molecule has 1 atom stereocenters. The molecule has 1 aromatic heterocycles. The number of hydrogen-bond acceptors (Lipinski definition) is 5. The summed E-state index contributed by atoms with van der Waals surface area (Å²) in [6, 6.07) is 16.7. The molecular weight excluding hydrogens is 412 g/mol. The zero-order valence-electron chi connectivity index (χ0n) is 17.2. The van der Waals surface area contributed by atoms with E-state index in [-0.39, 0.29) is 6.54 Å². The van der Waals surface area contributed by atoms with Gasteiger partial charge in [0.1, 0.15) is 12.1 Å². The maximum atomic E-state index is 13.0. The van der Waals surface area contributed by atoms with Crippen LogP contribution in [-0.2, 0) is 21.5 Å². The van der Waals surface area contributed by atoms with E-state index < -0.39 is 23.4 Å². The number of thiazole rings is 1. The first-order valence-corrected chi connectivity index (χ1v) is 10.7. The predicted molar refractivity (Wildman–Crippen MR) is 119 cm³/mol. The van der Waals surface area contributed by atoms with Crippen LogP contribution in [0.15, 0.2) is 60.8 Å². The van der Waals surface area contributed by atoms with E-state index in [9.17, 15) is 14.4 Å². The number of urea groups is 1. The lowest BCUT2D eigenvalue weighted by atomic mass is 9.91. The van der Waals surface area contributed by atoms with E-state index in [1.807, 2.05) is 49.4 Å². The maximum absolute atomic E-state index is 13.0. The van der Waals surface area contributed by atoms with Crippen LogP contribution >= 0.6 is 11.3 Å². The molecule has 1 aliphatic rings. The van der Waals surface area contributed by atoms with Crippen molar-refractivity contribution in [3.63, 3.8) is 0 Å². The summed E-state index contributed by atoms with van der Waals surface area (Å²) in [6.07, 6.45) is 2.44. The minimum absolute atomic E-state index is 0.375. The fourth-order valence-electron chi connectivity index (χ4n) is 3.47. The van der Waals surface area contributed by atoms with E-state index in [1.165, 1.54) is 11.3 Å². The van der Waals surface area contributed by atoms with E-state index in [0.717, 1.165) is 27.3 Å². The van der Waals surface area contributed by atoms with Gasteiger partial charge < -0.3 is 10.6 Å². The summed E-state index contributed by atoms with van der Waals surface area (Å²) in [7, 11) is 0. The Bertz CT molecular complexity index is 1130. The highest BCUT2D eigenvalue weighted by Gasteiger charge is 2.49. The Morgan fingerprint density at radius 3 is 2.55 bits per heavy atom. The highest BCUT2D eigenvalue weighted by molar-refractivity contribution is 7.15. The van der Waals surface area contributed by atoms with Crippen LogP contribution in [0.1, 0.15) is 28.5 Å². The molecule has 4 amide bonds. The molecule has 0 spiro atoms. The van der Waals surface area contributed by atoms with Gasteiger partial charge >= 0.3 is 6.03 Å². The van der Waals surface area contributed by atoms with Crippen LogP contribution in [0.3, 0.4) is 0 Å². The second-order valence-electron chi connectivity index (χ2n) is 7.65. The van der Waals surface area contributed by atoms with Gasteiger partial charge in [0.05, 0.1) is 0 Å². The molecule has 158 valence electrons. The highest BCUT2D eigenvalue weighted by atomic mass is 32.1.